The van der Waals surface area contributed by atoms with Crippen LogP contribution < -0.4 is 10.2 Å². The molecule has 0 spiro atoms. The number of benzene rings is 1. The highest BCUT2D eigenvalue weighted by molar-refractivity contribution is 5.85. The Labute approximate surface area is 191 Å². The summed E-state index contributed by atoms with van der Waals surface area (Å²) >= 11 is 0. The fourth-order valence-electron chi connectivity index (χ4n) is 4.41. The smallest absolute Gasteiger partial charge is 0.219 e. The predicted molar refractivity (Wildman–Crippen MR) is 126 cm³/mol. The van der Waals surface area contributed by atoms with Crippen LogP contribution in [0.5, 0.6) is 0 Å². The Hall–Kier alpha value is -3.75. The first-order valence-electron chi connectivity index (χ1n) is 11.1. The molecule has 4 aromatic rings. The number of hydrogen-bond donors (Lipinski definition) is 1. The fraction of sp³-hybridized carbons (Fsp3) is 0.333. The lowest BCUT2D eigenvalue weighted by atomic mass is 10.0. The summed E-state index contributed by atoms with van der Waals surface area (Å²) in [5, 5.41) is 8.79. The Kier molecular flexibility index (Phi) is 5.32. The van der Waals surface area contributed by atoms with Gasteiger partial charge in [0.2, 0.25) is 5.91 Å². The van der Waals surface area contributed by atoms with Crippen LogP contribution in [0.25, 0.3) is 16.6 Å². The van der Waals surface area contributed by atoms with Crippen molar-refractivity contribution >= 4 is 34.1 Å². The van der Waals surface area contributed by atoms with E-state index in [1.165, 1.54) is 6.07 Å². The monoisotopic (exact) mass is 447 g/mol. The van der Waals surface area contributed by atoms with E-state index in [0.717, 1.165) is 28.2 Å². The minimum absolute atomic E-state index is 0.0789. The van der Waals surface area contributed by atoms with Gasteiger partial charge in [0.25, 0.3) is 0 Å². The number of aryl methyl sites for hydroxylation is 1. The Morgan fingerprint density at radius 3 is 2.67 bits per heavy atom. The lowest BCUT2D eigenvalue weighted by Gasteiger charge is -2.36. The number of anilines is 2. The molecule has 33 heavy (non-hydrogen) atoms. The molecule has 1 N–H and O–H groups in total. The fourth-order valence-corrected chi connectivity index (χ4v) is 4.41. The van der Waals surface area contributed by atoms with Crippen LogP contribution in [0.1, 0.15) is 31.0 Å². The molecule has 1 amide bonds. The van der Waals surface area contributed by atoms with Crippen LogP contribution in [0.15, 0.2) is 42.7 Å². The zero-order chi connectivity index (χ0) is 23.1. The van der Waals surface area contributed by atoms with Crippen molar-refractivity contribution in [1.29, 1.82) is 0 Å². The molecule has 1 aromatic carbocycles. The van der Waals surface area contributed by atoms with E-state index < -0.39 is 0 Å². The van der Waals surface area contributed by atoms with Crippen LogP contribution in [0.3, 0.4) is 0 Å². The van der Waals surface area contributed by atoms with Crippen molar-refractivity contribution in [3.63, 3.8) is 0 Å². The second-order valence-electron chi connectivity index (χ2n) is 8.44. The molecule has 1 aliphatic heterocycles. The molecule has 0 bridgehead atoms. The van der Waals surface area contributed by atoms with Crippen molar-refractivity contribution in [2.75, 3.05) is 36.4 Å². The number of carbonyl (C=O) groups excluding carboxylic acids is 1. The standard InChI is InChI=1S/C24H26FN7O/c1-15-20(25)5-4-18-14-19(16(2)28-22-6-8-26-21-7-9-27-32(21)22)24(29-23(15)18)31-12-10-30(11-13-31)17(3)33/h4-9,14,16,28H,10-13H2,1-3H3/t16-/m0/s1. The van der Waals surface area contributed by atoms with E-state index in [1.807, 2.05) is 17.0 Å². The number of nitrogens with zero attached hydrogens (tertiary/aromatic N) is 6. The van der Waals surface area contributed by atoms with E-state index in [1.54, 1.807) is 36.8 Å². The summed E-state index contributed by atoms with van der Waals surface area (Å²) in [5.41, 5.74) is 2.96. The number of carbonyl (C=O) groups is 1. The van der Waals surface area contributed by atoms with E-state index in [4.69, 9.17) is 4.98 Å². The Balaban J connectivity index is 1.56. The van der Waals surface area contributed by atoms with Gasteiger partial charge in [-0.15, -0.1) is 0 Å². The summed E-state index contributed by atoms with van der Waals surface area (Å²) in [6.45, 7) is 8.04. The molecule has 170 valence electrons. The first-order valence-corrected chi connectivity index (χ1v) is 11.1. The van der Waals surface area contributed by atoms with E-state index in [0.29, 0.717) is 37.3 Å². The van der Waals surface area contributed by atoms with E-state index in [2.05, 4.69) is 33.3 Å². The van der Waals surface area contributed by atoms with Gasteiger partial charge >= 0.3 is 0 Å². The number of piperazine rings is 1. The van der Waals surface area contributed by atoms with Crippen LogP contribution in [-0.2, 0) is 4.79 Å². The average molecular weight is 448 g/mol. The number of rotatable bonds is 4. The van der Waals surface area contributed by atoms with E-state index >= 15 is 0 Å². The second-order valence-corrected chi connectivity index (χ2v) is 8.44. The Morgan fingerprint density at radius 2 is 1.91 bits per heavy atom. The third kappa shape index (κ3) is 3.83. The van der Waals surface area contributed by atoms with Crippen molar-refractivity contribution in [2.24, 2.45) is 0 Å². The zero-order valence-electron chi connectivity index (χ0n) is 18.9. The van der Waals surface area contributed by atoms with E-state index in [9.17, 15) is 9.18 Å². The molecule has 0 saturated carbocycles. The summed E-state index contributed by atoms with van der Waals surface area (Å²) in [6, 6.07) is 8.98. The summed E-state index contributed by atoms with van der Waals surface area (Å²) in [4.78, 5) is 25.1. The lowest BCUT2D eigenvalue weighted by Crippen LogP contribution is -2.48. The Morgan fingerprint density at radius 1 is 1.12 bits per heavy atom. The van der Waals surface area contributed by atoms with Gasteiger partial charge in [-0.2, -0.15) is 9.61 Å². The van der Waals surface area contributed by atoms with Gasteiger partial charge in [-0.05, 0) is 38.1 Å². The number of amides is 1. The molecular weight excluding hydrogens is 421 g/mol. The summed E-state index contributed by atoms with van der Waals surface area (Å²) in [7, 11) is 0. The highest BCUT2D eigenvalue weighted by Gasteiger charge is 2.25. The molecule has 4 heterocycles. The molecule has 0 aliphatic carbocycles. The van der Waals surface area contributed by atoms with Gasteiger partial charge in [0.15, 0.2) is 5.65 Å². The van der Waals surface area contributed by atoms with Crippen LogP contribution in [0.4, 0.5) is 16.0 Å². The molecule has 0 radical (unpaired) electrons. The summed E-state index contributed by atoms with van der Waals surface area (Å²) in [5.74, 6) is 1.44. The van der Waals surface area contributed by atoms with Crippen LogP contribution in [-0.4, -0.2) is 56.6 Å². The number of halogens is 1. The predicted octanol–water partition coefficient (Wildman–Crippen LogP) is 3.57. The maximum absolute atomic E-state index is 14.3. The highest BCUT2D eigenvalue weighted by atomic mass is 19.1. The third-order valence-electron chi connectivity index (χ3n) is 6.33. The van der Waals surface area contributed by atoms with Crippen LogP contribution in [0.2, 0.25) is 0 Å². The zero-order valence-corrected chi connectivity index (χ0v) is 18.9. The van der Waals surface area contributed by atoms with Gasteiger partial charge in [0, 0.05) is 61.9 Å². The molecule has 1 atom stereocenters. The molecule has 8 nitrogen and oxygen atoms in total. The maximum Gasteiger partial charge on any atom is 0.219 e. The second kappa shape index (κ2) is 8.31. The quantitative estimate of drug-likeness (QED) is 0.515. The molecule has 1 saturated heterocycles. The number of hydrogen-bond acceptors (Lipinski definition) is 6. The third-order valence-corrected chi connectivity index (χ3v) is 6.33. The normalized spacial score (nSPS) is 15.3. The van der Waals surface area contributed by atoms with Gasteiger partial charge in [-0.3, -0.25) is 4.79 Å². The molecule has 5 rings (SSSR count). The minimum atomic E-state index is -0.265. The largest absolute Gasteiger partial charge is 0.363 e. The van der Waals surface area contributed by atoms with Crippen LogP contribution >= 0.6 is 0 Å². The van der Waals surface area contributed by atoms with Gasteiger partial charge in [-0.25, -0.2) is 14.4 Å². The van der Waals surface area contributed by atoms with Crippen molar-refractivity contribution in [3.8, 4) is 0 Å². The molecule has 3 aromatic heterocycles. The van der Waals surface area contributed by atoms with Gasteiger partial charge in [0.05, 0.1) is 17.8 Å². The topological polar surface area (TPSA) is 78.7 Å². The molecule has 1 fully saturated rings. The molecule has 1 aliphatic rings. The van der Waals surface area contributed by atoms with Gasteiger partial charge in [0.1, 0.15) is 17.5 Å². The van der Waals surface area contributed by atoms with Crippen molar-refractivity contribution in [3.05, 3.63) is 59.7 Å². The lowest BCUT2D eigenvalue weighted by molar-refractivity contribution is -0.129. The number of nitrogens with one attached hydrogen (secondary N) is 1. The van der Waals surface area contributed by atoms with Crippen molar-refractivity contribution < 1.29 is 9.18 Å². The van der Waals surface area contributed by atoms with Gasteiger partial charge in [-0.1, -0.05) is 0 Å². The van der Waals surface area contributed by atoms with Crippen LogP contribution in [0, 0.1) is 12.7 Å². The molecular formula is C24H26FN7O. The summed E-state index contributed by atoms with van der Waals surface area (Å²) < 4.78 is 16.1. The molecule has 9 heteroatoms. The minimum Gasteiger partial charge on any atom is -0.363 e. The first kappa shape index (κ1) is 21.1. The average Bonchev–Trinajstić information content (AvgIpc) is 3.31. The molecule has 0 unspecified atom stereocenters. The van der Waals surface area contributed by atoms with Crippen molar-refractivity contribution in [2.45, 2.75) is 26.8 Å². The number of fused-ring (bicyclic) bond motifs is 2. The van der Waals surface area contributed by atoms with Crippen molar-refractivity contribution in [1.82, 2.24) is 24.5 Å². The Bertz CT molecular complexity index is 1340. The SMILES string of the molecule is CC(=O)N1CCN(c2nc3c(C)c(F)ccc3cc2[C@H](C)Nc2ccnc3ccnn23)CC1. The highest BCUT2D eigenvalue weighted by Crippen LogP contribution is 2.33. The van der Waals surface area contributed by atoms with Gasteiger partial charge < -0.3 is 15.1 Å². The first-order chi connectivity index (χ1) is 15.9. The maximum atomic E-state index is 14.3. The summed E-state index contributed by atoms with van der Waals surface area (Å²) in [6.07, 6.45) is 3.46. The number of aromatic nitrogens is 4. The number of pyridine rings is 1. The van der Waals surface area contributed by atoms with E-state index in [-0.39, 0.29) is 17.8 Å².